The zero-order valence-electron chi connectivity index (χ0n) is 13.0. The molecule has 0 atom stereocenters. The highest BCUT2D eigenvalue weighted by Crippen LogP contribution is 2.21. The Labute approximate surface area is 136 Å². The zero-order valence-corrected chi connectivity index (χ0v) is 13.8. The van der Waals surface area contributed by atoms with E-state index in [9.17, 15) is 8.42 Å². The van der Waals surface area contributed by atoms with Crippen molar-refractivity contribution in [2.45, 2.75) is 18.7 Å². The van der Waals surface area contributed by atoms with E-state index in [1.807, 2.05) is 50.2 Å². The van der Waals surface area contributed by atoms with Crippen molar-refractivity contribution in [3.8, 4) is 0 Å². The molecule has 0 aliphatic carbocycles. The van der Waals surface area contributed by atoms with Gasteiger partial charge in [-0.1, -0.05) is 54.1 Å². The van der Waals surface area contributed by atoms with E-state index in [0.717, 1.165) is 27.5 Å². The predicted octanol–water partition coefficient (Wildman–Crippen LogP) is 4.26. The Morgan fingerprint density at radius 2 is 1.57 bits per heavy atom. The van der Waals surface area contributed by atoms with Crippen LogP contribution in [-0.2, 0) is 10.0 Å². The molecule has 0 amide bonds. The summed E-state index contributed by atoms with van der Waals surface area (Å²) in [4.78, 5) is 0.206. The van der Waals surface area contributed by atoms with Gasteiger partial charge >= 0.3 is 0 Å². The third-order valence-corrected chi connectivity index (χ3v) is 5.08. The molecule has 0 unspecified atom stereocenters. The van der Waals surface area contributed by atoms with Crippen LogP contribution in [0.5, 0.6) is 0 Å². The van der Waals surface area contributed by atoms with Crippen LogP contribution in [0.25, 0.3) is 10.8 Å². The highest BCUT2D eigenvalue weighted by atomic mass is 32.2. The Morgan fingerprint density at radius 1 is 0.870 bits per heavy atom. The molecule has 3 aromatic carbocycles. The summed E-state index contributed by atoms with van der Waals surface area (Å²) in [5.41, 5.74) is 2.84. The molecule has 0 aromatic heterocycles. The van der Waals surface area contributed by atoms with Gasteiger partial charge in [-0.15, -0.1) is 0 Å². The second-order valence-electron chi connectivity index (χ2n) is 5.54. The summed E-state index contributed by atoms with van der Waals surface area (Å²) in [5, 5.41) is 2.06. The fourth-order valence-corrected chi connectivity index (χ4v) is 3.32. The van der Waals surface area contributed by atoms with Crippen molar-refractivity contribution >= 4 is 27.0 Å². The largest absolute Gasteiger partial charge is 0.282 e. The zero-order chi connectivity index (χ0) is 16.4. The molecular weight excluding hydrogens is 306 g/mol. The molecule has 3 rings (SSSR count). The molecular formula is C19H17NO2S. The third-order valence-electron chi connectivity index (χ3n) is 3.83. The number of hydrogen-bond donors (Lipinski definition) is 0. The van der Waals surface area contributed by atoms with Crippen LogP contribution in [0.2, 0.25) is 0 Å². The van der Waals surface area contributed by atoms with Crippen molar-refractivity contribution in [1.29, 1.82) is 0 Å². The maximum absolute atomic E-state index is 12.4. The average molecular weight is 323 g/mol. The Hall–Kier alpha value is -2.46. The lowest BCUT2D eigenvalue weighted by molar-refractivity contribution is 0.598. The van der Waals surface area contributed by atoms with Crippen LogP contribution in [0.1, 0.15) is 16.7 Å². The highest BCUT2D eigenvalue weighted by molar-refractivity contribution is 7.90. The summed E-state index contributed by atoms with van der Waals surface area (Å²) >= 11 is 0. The number of nitrogens with zero attached hydrogens (tertiary/aromatic N) is 1. The Bertz CT molecular complexity index is 988. The van der Waals surface area contributed by atoms with E-state index in [2.05, 4.69) is 4.40 Å². The number of aryl methyl sites for hydroxylation is 2. The number of benzene rings is 3. The normalized spacial score (nSPS) is 12.1. The standard InChI is InChI=1S/C19H17NO2S/c1-14-7-11-17(12-8-14)23(21,22)20-13-19-15(2)9-10-16-5-3-4-6-18(16)19/h3-13H,1-2H3/b20-13+. The summed E-state index contributed by atoms with van der Waals surface area (Å²) in [5.74, 6) is 0. The Morgan fingerprint density at radius 3 is 2.30 bits per heavy atom. The van der Waals surface area contributed by atoms with Gasteiger partial charge in [-0.2, -0.15) is 12.8 Å². The lowest BCUT2D eigenvalue weighted by Gasteiger charge is -2.06. The predicted molar refractivity (Wildman–Crippen MR) is 94.6 cm³/mol. The molecule has 23 heavy (non-hydrogen) atoms. The van der Waals surface area contributed by atoms with Crippen molar-refractivity contribution in [3.05, 3.63) is 77.4 Å². The summed E-state index contributed by atoms with van der Waals surface area (Å²) < 4.78 is 28.6. The maximum atomic E-state index is 12.4. The van der Waals surface area contributed by atoms with Gasteiger partial charge < -0.3 is 0 Å². The van der Waals surface area contributed by atoms with Gasteiger partial charge in [0.2, 0.25) is 0 Å². The monoisotopic (exact) mass is 323 g/mol. The average Bonchev–Trinajstić information content (AvgIpc) is 2.54. The molecule has 3 aromatic rings. The van der Waals surface area contributed by atoms with Gasteiger partial charge in [-0.3, -0.25) is 0 Å². The van der Waals surface area contributed by atoms with E-state index in [1.54, 1.807) is 24.3 Å². The first-order valence-electron chi connectivity index (χ1n) is 7.33. The van der Waals surface area contributed by atoms with E-state index >= 15 is 0 Å². The Kier molecular flexibility index (Phi) is 4.01. The maximum Gasteiger partial charge on any atom is 0.282 e. The number of hydrogen-bond acceptors (Lipinski definition) is 2. The molecule has 0 fully saturated rings. The minimum atomic E-state index is -3.69. The highest BCUT2D eigenvalue weighted by Gasteiger charge is 2.12. The first kappa shape index (κ1) is 15.4. The molecule has 3 nitrogen and oxygen atoms in total. The topological polar surface area (TPSA) is 46.5 Å². The van der Waals surface area contributed by atoms with Crippen molar-refractivity contribution in [1.82, 2.24) is 0 Å². The molecule has 116 valence electrons. The number of rotatable bonds is 3. The quantitative estimate of drug-likeness (QED) is 0.676. The minimum absolute atomic E-state index is 0.206. The molecule has 0 bridgehead atoms. The molecule has 0 spiro atoms. The van der Waals surface area contributed by atoms with E-state index in [0.29, 0.717) is 0 Å². The van der Waals surface area contributed by atoms with Gasteiger partial charge in [0.25, 0.3) is 10.0 Å². The lowest BCUT2D eigenvalue weighted by atomic mass is 10.0. The molecule has 0 N–H and O–H groups in total. The van der Waals surface area contributed by atoms with E-state index in [1.165, 1.54) is 6.21 Å². The minimum Gasteiger partial charge on any atom is -0.199 e. The molecule has 0 saturated heterocycles. The van der Waals surface area contributed by atoms with Crippen LogP contribution in [0.15, 0.2) is 70.0 Å². The number of sulfonamides is 1. The first-order valence-corrected chi connectivity index (χ1v) is 8.77. The lowest BCUT2D eigenvalue weighted by Crippen LogP contribution is -1.99. The first-order chi connectivity index (χ1) is 11.0. The summed E-state index contributed by atoms with van der Waals surface area (Å²) in [7, 11) is -3.69. The SMILES string of the molecule is Cc1ccc(S(=O)(=O)/N=C/c2c(C)ccc3ccccc23)cc1. The van der Waals surface area contributed by atoms with Crippen LogP contribution in [0, 0.1) is 13.8 Å². The van der Waals surface area contributed by atoms with Crippen LogP contribution >= 0.6 is 0 Å². The van der Waals surface area contributed by atoms with Gasteiger partial charge in [-0.05, 0) is 42.3 Å². The molecule has 0 heterocycles. The number of fused-ring (bicyclic) bond motifs is 1. The van der Waals surface area contributed by atoms with Gasteiger partial charge in [-0.25, -0.2) is 0 Å². The summed E-state index contributed by atoms with van der Waals surface area (Å²) in [6.07, 6.45) is 1.45. The summed E-state index contributed by atoms with van der Waals surface area (Å²) in [6.45, 7) is 3.87. The van der Waals surface area contributed by atoms with Crippen LogP contribution in [0.4, 0.5) is 0 Å². The molecule has 0 saturated carbocycles. The molecule has 0 radical (unpaired) electrons. The van der Waals surface area contributed by atoms with Crippen LogP contribution in [-0.4, -0.2) is 14.6 Å². The van der Waals surface area contributed by atoms with E-state index < -0.39 is 10.0 Å². The van der Waals surface area contributed by atoms with E-state index in [4.69, 9.17) is 0 Å². The fraction of sp³-hybridized carbons (Fsp3) is 0.105. The molecule has 0 aliphatic heterocycles. The van der Waals surface area contributed by atoms with Gasteiger partial charge in [0.05, 0.1) is 4.90 Å². The van der Waals surface area contributed by atoms with Gasteiger partial charge in [0, 0.05) is 11.8 Å². The van der Waals surface area contributed by atoms with Crippen LogP contribution in [0.3, 0.4) is 0 Å². The van der Waals surface area contributed by atoms with Gasteiger partial charge in [0.15, 0.2) is 0 Å². The Balaban J connectivity index is 2.06. The third kappa shape index (κ3) is 3.17. The van der Waals surface area contributed by atoms with Crippen molar-refractivity contribution in [2.75, 3.05) is 0 Å². The smallest absolute Gasteiger partial charge is 0.199 e. The van der Waals surface area contributed by atoms with Crippen molar-refractivity contribution < 1.29 is 8.42 Å². The van der Waals surface area contributed by atoms with Gasteiger partial charge in [0.1, 0.15) is 0 Å². The second-order valence-corrected chi connectivity index (χ2v) is 7.17. The van der Waals surface area contributed by atoms with Crippen molar-refractivity contribution in [2.24, 2.45) is 4.40 Å². The second kappa shape index (κ2) is 5.97. The fourth-order valence-electron chi connectivity index (χ4n) is 2.47. The molecule has 0 aliphatic rings. The summed E-state index contributed by atoms with van der Waals surface area (Å²) in [6, 6.07) is 18.6. The van der Waals surface area contributed by atoms with E-state index in [-0.39, 0.29) is 4.90 Å². The van der Waals surface area contributed by atoms with Crippen LogP contribution < -0.4 is 0 Å². The molecule has 4 heteroatoms. The van der Waals surface area contributed by atoms with Crippen molar-refractivity contribution in [3.63, 3.8) is 0 Å².